The zero-order valence-electron chi connectivity index (χ0n) is 12.9. The smallest absolute Gasteiger partial charge is 0.314 e. The highest BCUT2D eigenvalue weighted by Crippen LogP contribution is 2.49. The first-order chi connectivity index (χ1) is 10.9. The summed E-state index contributed by atoms with van der Waals surface area (Å²) in [5, 5.41) is 18.7. The number of aliphatic carboxylic acids is 1. The van der Waals surface area contributed by atoms with Crippen molar-refractivity contribution in [2.75, 3.05) is 0 Å². The highest BCUT2D eigenvalue weighted by Gasteiger charge is 2.51. The molecule has 0 saturated heterocycles. The lowest BCUT2D eigenvalue weighted by Gasteiger charge is -2.12. The third kappa shape index (κ3) is 2.99. The van der Waals surface area contributed by atoms with Crippen molar-refractivity contribution in [3.05, 3.63) is 59.4 Å². The lowest BCUT2D eigenvalue weighted by atomic mass is 9.93. The van der Waals surface area contributed by atoms with Gasteiger partial charge in [0, 0.05) is 5.56 Å². The Morgan fingerprint density at radius 3 is 2.35 bits per heavy atom. The summed E-state index contributed by atoms with van der Waals surface area (Å²) in [7, 11) is 0. The zero-order valence-corrected chi connectivity index (χ0v) is 12.9. The number of aliphatic hydroxyl groups excluding tert-OH is 1. The molecule has 0 heterocycles. The predicted octanol–water partition coefficient (Wildman–Crippen LogP) is 3.53. The summed E-state index contributed by atoms with van der Waals surface area (Å²) >= 11 is 0. The average molecular weight is 314 g/mol. The Kier molecular flexibility index (Phi) is 3.94. The van der Waals surface area contributed by atoms with Gasteiger partial charge in [-0.05, 0) is 48.9 Å². The molecule has 1 saturated carbocycles. The molecule has 23 heavy (non-hydrogen) atoms. The number of carboxylic acid groups (broad SMARTS) is 1. The van der Waals surface area contributed by atoms with Gasteiger partial charge in [-0.15, -0.1) is 0 Å². The highest BCUT2D eigenvalue weighted by molar-refractivity contribution is 5.85. The number of hydrogen-bond acceptors (Lipinski definition) is 2. The van der Waals surface area contributed by atoms with Crippen LogP contribution in [-0.2, 0) is 16.6 Å². The number of rotatable bonds is 5. The molecule has 0 spiro atoms. The van der Waals surface area contributed by atoms with Crippen LogP contribution in [0, 0.1) is 5.82 Å². The molecular weight excluding hydrogens is 295 g/mol. The molecule has 3 rings (SSSR count). The van der Waals surface area contributed by atoms with Gasteiger partial charge in [0.05, 0.1) is 11.5 Å². The van der Waals surface area contributed by atoms with Gasteiger partial charge in [0.25, 0.3) is 0 Å². The minimum Gasteiger partial charge on any atom is -0.481 e. The van der Waals surface area contributed by atoms with Gasteiger partial charge < -0.3 is 10.2 Å². The van der Waals surface area contributed by atoms with E-state index < -0.39 is 23.3 Å². The fourth-order valence-corrected chi connectivity index (χ4v) is 2.96. The van der Waals surface area contributed by atoms with Crippen LogP contribution >= 0.6 is 0 Å². The van der Waals surface area contributed by atoms with Gasteiger partial charge in [-0.1, -0.05) is 36.4 Å². The average Bonchev–Trinajstić information content (AvgIpc) is 3.29. The molecule has 1 aliphatic carbocycles. The Hall–Kier alpha value is -2.20. The summed E-state index contributed by atoms with van der Waals surface area (Å²) in [6, 6.07) is 12.1. The van der Waals surface area contributed by atoms with Gasteiger partial charge >= 0.3 is 5.97 Å². The molecule has 2 aromatic carbocycles. The van der Waals surface area contributed by atoms with E-state index >= 15 is 0 Å². The number of carboxylic acids is 1. The van der Waals surface area contributed by atoms with Crippen LogP contribution in [-0.4, -0.2) is 22.3 Å². The Morgan fingerprint density at radius 1 is 1.22 bits per heavy atom. The lowest BCUT2D eigenvalue weighted by Crippen LogP contribution is -2.19. The maximum absolute atomic E-state index is 14.4. The fourth-order valence-electron chi connectivity index (χ4n) is 2.96. The van der Waals surface area contributed by atoms with Gasteiger partial charge in [0.15, 0.2) is 0 Å². The molecule has 4 heteroatoms. The maximum atomic E-state index is 14.4. The first-order valence-electron chi connectivity index (χ1n) is 7.73. The second-order valence-electron chi connectivity index (χ2n) is 6.33. The number of benzene rings is 2. The third-order valence-electron chi connectivity index (χ3n) is 4.48. The van der Waals surface area contributed by atoms with E-state index in [1.54, 1.807) is 19.1 Å². The van der Waals surface area contributed by atoms with Gasteiger partial charge in [-0.3, -0.25) is 4.79 Å². The van der Waals surface area contributed by atoms with Crippen molar-refractivity contribution in [2.45, 2.75) is 37.7 Å². The fraction of sp³-hybridized carbons (Fsp3) is 0.316. The van der Waals surface area contributed by atoms with Crippen LogP contribution in [0.15, 0.2) is 42.5 Å². The highest BCUT2D eigenvalue weighted by atomic mass is 19.1. The predicted molar refractivity (Wildman–Crippen MR) is 85.8 cm³/mol. The molecule has 2 aromatic rings. The van der Waals surface area contributed by atoms with Gasteiger partial charge in [-0.25, -0.2) is 4.39 Å². The van der Waals surface area contributed by atoms with E-state index in [-0.39, 0.29) is 0 Å². The van der Waals surface area contributed by atoms with Crippen molar-refractivity contribution in [3.8, 4) is 11.1 Å². The number of aliphatic hydroxyl groups is 1. The summed E-state index contributed by atoms with van der Waals surface area (Å²) in [4.78, 5) is 11.3. The van der Waals surface area contributed by atoms with E-state index in [9.17, 15) is 19.4 Å². The van der Waals surface area contributed by atoms with E-state index in [4.69, 9.17) is 0 Å². The SMILES string of the molecule is CC(O)Cc1ccc(-c2ccc(C3(C(=O)O)CC3)cc2F)cc1. The molecule has 0 bridgehead atoms. The third-order valence-corrected chi connectivity index (χ3v) is 4.48. The van der Waals surface area contributed by atoms with Crippen molar-refractivity contribution >= 4 is 5.97 Å². The van der Waals surface area contributed by atoms with E-state index in [1.165, 1.54) is 6.07 Å². The lowest BCUT2D eigenvalue weighted by molar-refractivity contribution is -0.140. The second kappa shape index (κ2) is 5.78. The minimum absolute atomic E-state index is 0.404. The standard InChI is InChI=1S/C19H19FO3/c1-12(21)10-13-2-4-14(5-3-13)16-7-6-15(11-17(16)20)19(8-9-19)18(22)23/h2-7,11-12,21H,8-10H2,1H3,(H,22,23). The summed E-state index contributed by atoms with van der Waals surface area (Å²) in [6.45, 7) is 1.72. The number of hydrogen-bond donors (Lipinski definition) is 2. The second-order valence-corrected chi connectivity index (χ2v) is 6.33. The molecule has 1 aliphatic rings. The Balaban J connectivity index is 1.88. The summed E-state index contributed by atoms with van der Waals surface area (Å²) < 4.78 is 14.4. The van der Waals surface area contributed by atoms with Crippen molar-refractivity contribution < 1.29 is 19.4 Å². The molecule has 0 radical (unpaired) electrons. The molecule has 2 N–H and O–H groups in total. The van der Waals surface area contributed by atoms with Crippen LogP contribution < -0.4 is 0 Å². The molecule has 0 aromatic heterocycles. The zero-order chi connectivity index (χ0) is 16.6. The van der Waals surface area contributed by atoms with Gasteiger partial charge in [-0.2, -0.15) is 0 Å². The van der Waals surface area contributed by atoms with Crippen LogP contribution in [0.3, 0.4) is 0 Å². The normalized spacial score (nSPS) is 16.8. The van der Waals surface area contributed by atoms with E-state index in [0.717, 1.165) is 11.1 Å². The minimum atomic E-state index is -0.888. The molecule has 0 amide bonds. The van der Waals surface area contributed by atoms with Crippen LogP contribution in [0.2, 0.25) is 0 Å². The van der Waals surface area contributed by atoms with E-state index in [1.807, 2.05) is 24.3 Å². The Labute approximate surface area is 134 Å². The van der Waals surface area contributed by atoms with Gasteiger partial charge in [0.1, 0.15) is 5.82 Å². The van der Waals surface area contributed by atoms with Crippen LogP contribution in [0.1, 0.15) is 30.9 Å². The van der Waals surface area contributed by atoms with Crippen LogP contribution in [0.4, 0.5) is 4.39 Å². The quantitative estimate of drug-likeness (QED) is 0.887. The molecular formula is C19H19FO3. The van der Waals surface area contributed by atoms with E-state index in [0.29, 0.717) is 30.4 Å². The maximum Gasteiger partial charge on any atom is 0.314 e. The molecule has 1 atom stereocenters. The molecule has 1 fully saturated rings. The molecule has 3 nitrogen and oxygen atoms in total. The van der Waals surface area contributed by atoms with Crippen LogP contribution in [0.5, 0.6) is 0 Å². The summed E-state index contributed by atoms with van der Waals surface area (Å²) in [5.41, 5.74) is 1.84. The summed E-state index contributed by atoms with van der Waals surface area (Å²) in [5.74, 6) is -1.29. The molecule has 120 valence electrons. The van der Waals surface area contributed by atoms with Gasteiger partial charge in [0.2, 0.25) is 0 Å². The van der Waals surface area contributed by atoms with Crippen molar-refractivity contribution in [3.63, 3.8) is 0 Å². The van der Waals surface area contributed by atoms with Crippen molar-refractivity contribution in [1.82, 2.24) is 0 Å². The number of halogens is 1. The van der Waals surface area contributed by atoms with Crippen LogP contribution in [0.25, 0.3) is 11.1 Å². The topological polar surface area (TPSA) is 57.5 Å². The summed E-state index contributed by atoms with van der Waals surface area (Å²) in [6.07, 6.45) is 1.27. The monoisotopic (exact) mass is 314 g/mol. The Morgan fingerprint density at radius 2 is 1.87 bits per heavy atom. The molecule has 1 unspecified atom stereocenters. The van der Waals surface area contributed by atoms with E-state index in [2.05, 4.69) is 0 Å². The largest absolute Gasteiger partial charge is 0.481 e. The first-order valence-corrected chi connectivity index (χ1v) is 7.73. The first kappa shape index (κ1) is 15.7. The van der Waals surface area contributed by atoms with Crippen molar-refractivity contribution in [1.29, 1.82) is 0 Å². The number of carbonyl (C=O) groups is 1. The van der Waals surface area contributed by atoms with Crippen molar-refractivity contribution in [2.24, 2.45) is 0 Å². The molecule has 0 aliphatic heterocycles. The Bertz CT molecular complexity index is 731.